The van der Waals surface area contributed by atoms with Gasteiger partial charge < -0.3 is 10.6 Å². The average Bonchev–Trinajstić information content (AvgIpc) is 3.13. The van der Waals surface area contributed by atoms with Gasteiger partial charge >= 0.3 is 0 Å². The Bertz CT molecular complexity index is 685. The van der Waals surface area contributed by atoms with E-state index in [9.17, 15) is 8.42 Å². The largest absolute Gasteiger partial charge is 0.357 e. The molecule has 0 aromatic carbocycles. The lowest BCUT2D eigenvalue weighted by Gasteiger charge is -2.22. The van der Waals surface area contributed by atoms with Crippen molar-refractivity contribution in [2.45, 2.75) is 52.1 Å². The van der Waals surface area contributed by atoms with Gasteiger partial charge in [0.2, 0.25) is 10.0 Å². The van der Waals surface area contributed by atoms with Crippen LogP contribution in [0.5, 0.6) is 0 Å². The Hall–Kier alpha value is -1.12. The van der Waals surface area contributed by atoms with Gasteiger partial charge in [-0.25, -0.2) is 8.42 Å². The van der Waals surface area contributed by atoms with E-state index >= 15 is 0 Å². The SMILES string of the molecule is CCNC(=NC[C@H]1CCCN1S(C)(=O)=O)NC(C)Cc1ccc(C)s1. The minimum absolute atomic E-state index is 0.0271. The smallest absolute Gasteiger partial charge is 0.211 e. The number of hydrogen-bond acceptors (Lipinski definition) is 4. The fourth-order valence-corrected chi connectivity index (χ4v) is 5.32. The molecule has 2 N–H and O–H groups in total. The van der Waals surface area contributed by atoms with E-state index in [2.05, 4.69) is 41.6 Å². The number of sulfonamides is 1. The van der Waals surface area contributed by atoms with Gasteiger partial charge in [0.25, 0.3) is 0 Å². The summed E-state index contributed by atoms with van der Waals surface area (Å²) in [5.74, 6) is 0.753. The Balaban J connectivity index is 1.95. The molecule has 0 amide bonds. The van der Waals surface area contributed by atoms with Gasteiger partial charge in [0.05, 0.1) is 12.8 Å². The zero-order valence-corrected chi connectivity index (χ0v) is 17.2. The standard InChI is InChI=1S/C17H30N4O2S2/c1-5-18-17(20-13(2)11-16-9-8-14(3)24-16)19-12-15-7-6-10-21(15)25(4,22)23/h8-9,13,15H,5-7,10-12H2,1-4H3,(H2,18,19,20)/t13?,15-/m1/s1. The summed E-state index contributed by atoms with van der Waals surface area (Å²) in [6, 6.07) is 4.54. The normalized spacial score (nSPS) is 20.6. The number of guanidine groups is 1. The average molecular weight is 387 g/mol. The van der Waals surface area contributed by atoms with Gasteiger partial charge in [0.15, 0.2) is 5.96 Å². The number of hydrogen-bond donors (Lipinski definition) is 2. The fraction of sp³-hybridized carbons (Fsp3) is 0.706. The molecule has 0 radical (unpaired) electrons. The Morgan fingerprint density at radius 3 is 2.84 bits per heavy atom. The second-order valence-corrected chi connectivity index (χ2v) is 9.96. The highest BCUT2D eigenvalue weighted by atomic mass is 32.2. The molecular weight excluding hydrogens is 356 g/mol. The van der Waals surface area contributed by atoms with Crippen LogP contribution in [0, 0.1) is 6.92 Å². The van der Waals surface area contributed by atoms with Crippen LogP contribution < -0.4 is 10.6 Å². The Morgan fingerprint density at radius 2 is 2.24 bits per heavy atom. The molecule has 2 atom stereocenters. The number of nitrogens with zero attached hydrogens (tertiary/aromatic N) is 2. The highest BCUT2D eigenvalue weighted by molar-refractivity contribution is 7.88. The van der Waals surface area contributed by atoms with Crippen molar-refractivity contribution in [1.29, 1.82) is 0 Å². The molecule has 1 saturated heterocycles. The molecule has 0 saturated carbocycles. The summed E-state index contributed by atoms with van der Waals surface area (Å²) in [6.45, 7) is 8.16. The molecule has 8 heteroatoms. The topological polar surface area (TPSA) is 73.8 Å². The van der Waals surface area contributed by atoms with Crippen molar-refractivity contribution in [1.82, 2.24) is 14.9 Å². The van der Waals surface area contributed by atoms with Gasteiger partial charge in [0, 0.05) is 41.3 Å². The van der Waals surface area contributed by atoms with Crippen molar-refractivity contribution >= 4 is 27.3 Å². The highest BCUT2D eigenvalue weighted by Crippen LogP contribution is 2.20. The van der Waals surface area contributed by atoms with E-state index in [0.29, 0.717) is 13.1 Å². The van der Waals surface area contributed by atoms with Crippen LogP contribution in [-0.4, -0.2) is 56.7 Å². The minimum Gasteiger partial charge on any atom is -0.357 e. The molecule has 1 fully saturated rings. The molecule has 1 unspecified atom stereocenters. The lowest BCUT2D eigenvalue weighted by Crippen LogP contribution is -2.44. The van der Waals surface area contributed by atoms with Crippen molar-refractivity contribution in [3.05, 3.63) is 21.9 Å². The molecule has 1 aromatic rings. The number of aryl methyl sites for hydroxylation is 1. The monoisotopic (exact) mass is 386 g/mol. The summed E-state index contributed by atoms with van der Waals surface area (Å²) in [6.07, 6.45) is 4.01. The van der Waals surface area contributed by atoms with Crippen LogP contribution >= 0.6 is 11.3 Å². The van der Waals surface area contributed by atoms with Gasteiger partial charge in [0.1, 0.15) is 0 Å². The minimum atomic E-state index is -3.15. The third-order valence-corrected chi connectivity index (χ3v) is 6.60. The predicted octanol–water partition coefficient (Wildman–Crippen LogP) is 1.97. The van der Waals surface area contributed by atoms with Crippen LogP contribution in [0.2, 0.25) is 0 Å². The maximum absolute atomic E-state index is 11.8. The van der Waals surface area contributed by atoms with Gasteiger partial charge in [-0.2, -0.15) is 4.31 Å². The summed E-state index contributed by atoms with van der Waals surface area (Å²) < 4.78 is 25.3. The molecule has 6 nitrogen and oxygen atoms in total. The van der Waals surface area contributed by atoms with E-state index in [1.165, 1.54) is 16.0 Å². The van der Waals surface area contributed by atoms with Gasteiger partial charge in [-0.1, -0.05) is 0 Å². The quantitative estimate of drug-likeness (QED) is 0.555. The Kier molecular flexibility index (Phi) is 7.27. The van der Waals surface area contributed by atoms with Crippen molar-refractivity contribution < 1.29 is 8.42 Å². The molecule has 0 aliphatic carbocycles. The number of nitrogens with one attached hydrogen (secondary N) is 2. The summed E-state index contributed by atoms with van der Waals surface area (Å²) in [5.41, 5.74) is 0. The number of aliphatic imine (C=N–C) groups is 1. The van der Waals surface area contributed by atoms with E-state index in [1.54, 1.807) is 4.31 Å². The van der Waals surface area contributed by atoms with E-state index in [0.717, 1.165) is 31.8 Å². The lowest BCUT2D eigenvalue weighted by molar-refractivity contribution is 0.396. The van der Waals surface area contributed by atoms with Crippen molar-refractivity contribution in [3.63, 3.8) is 0 Å². The van der Waals surface area contributed by atoms with Crippen LogP contribution in [0.25, 0.3) is 0 Å². The third kappa shape index (κ3) is 6.27. The summed E-state index contributed by atoms with van der Waals surface area (Å²) in [7, 11) is -3.15. The summed E-state index contributed by atoms with van der Waals surface area (Å²) in [5, 5.41) is 6.69. The summed E-state index contributed by atoms with van der Waals surface area (Å²) in [4.78, 5) is 7.32. The molecule has 0 bridgehead atoms. The Labute approximate surface area is 155 Å². The molecular formula is C17H30N4O2S2. The second-order valence-electron chi connectivity index (χ2n) is 6.65. The maximum Gasteiger partial charge on any atom is 0.211 e. The second kappa shape index (κ2) is 9.00. The molecule has 1 aliphatic rings. The number of rotatable bonds is 7. The molecule has 0 spiro atoms. The molecule has 1 aromatic heterocycles. The zero-order valence-electron chi connectivity index (χ0n) is 15.6. The first-order valence-corrected chi connectivity index (χ1v) is 11.5. The molecule has 142 valence electrons. The van der Waals surface area contributed by atoms with Gasteiger partial charge in [-0.15, -0.1) is 11.3 Å². The van der Waals surface area contributed by atoms with E-state index in [4.69, 9.17) is 0 Å². The number of thiophene rings is 1. The third-order valence-electron chi connectivity index (χ3n) is 4.24. The van der Waals surface area contributed by atoms with Crippen LogP contribution in [-0.2, 0) is 16.4 Å². The first-order chi connectivity index (χ1) is 11.8. The van der Waals surface area contributed by atoms with Crippen LogP contribution in [0.3, 0.4) is 0 Å². The Morgan fingerprint density at radius 1 is 1.48 bits per heavy atom. The van der Waals surface area contributed by atoms with Crippen molar-refractivity contribution in [2.75, 3.05) is 25.9 Å². The van der Waals surface area contributed by atoms with E-state index in [1.807, 2.05) is 18.3 Å². The molecule has 2 heterocycles. The zero-order chi connectivity index (χ0) is 18.4. The molecule has 25 heavy (non-hydrogen) atoms. The van der Waals surface area contributed by atoms with Crippen molar-refractivity contribution in [2.24, 2.45) is 4.99 Å². The van der Waals surface area contributed by atoms with Gasteiger partial charge in [-0.3, -0.25) is 4.99 Å². The maximum atomic E-state index is 11.8. The van der Waals surface area contributed by atoms with Crippen LogP contribution in [0.1, 0.15) is 36.4 Å². The van der Waals surface area contributed by atoms with E-state index < -0.39 is 10.0 Å². The predicted molar refractivity (Wildman–Crippen MR) is 106 cm³/mol. The first-order valence-electron chi connectivity index (χ1n) is 8.86. The first kappa shape index (κ1) is 20.2. The van der Waals surface area contributed by atoms with Crippen LogP contribution in [0.4, 0.5) is 0 Å². The highest BCUT2D eigenvalue weighted by Gasteiger charge is 2.31. The van der Waals surface area contributed by atoms with Crippen LogP contribution in [0.15, 0.2) is 17.1 Å². The molecule has 2 rings (SSSR count). The van der Waals surface area contributed by atoms with Gasteiger partial charge in [-0.05, 0) is 45.7 Å². The van der Waals surface area contributed by atoms with Crippen molar-refractivity contribution in [3.8, 4) is 0 Å². The fourth-order valence-electron chi connectivity index (χ4n) is 3.13. The lowest BCUT2D eigenvalue weighted by atomic mass is 10.2. The van der Waals surface area contributed by atoms with E-state index in [-0.39, 0.29) is 12.1 Å². The molecule has 1 aliphatic heterocycles. The summed E-state index contributed by atoms with van der Waals surface area (Å²) >= 11 is 1.82.